The minimum atomic E-state index is -0.248. The predicted molar refractivity (Wildman–Crippen MR) is 53.0 cm³/mol. The number of amides is 1. The van der Waals surface area contributed by atoms with E-state index < -0.39 is 0 Å². The number of amidine groups is 1. The van der Waals surface area contributed by atoms with Crippen molar-refractivity contribution in [3.8, 4) is 0 Å². The molecule has 0 saturated heterocycles. The Labute approximate surface area is 82.1 Å². The molecule has 0 spiro atoms. The van der Waals surface area contributed by atoms with Crippen molar-refractivity contribution in [3.63, 3.8) is 0 Å². The van der Waals surface area contributed by atoms with Crippen LogP contribution in [-0.4, -0.2) is 22.8 Å². The zero-order valence-corrected chi connectivity index (χ0v) is 7.90. The second-order valence-electron chi connectivity index (χ2n) is 3.28. The Balaban J connectivity index is 2.07. The van der Waals surface area contributed by atoms with Crippen molar-refractivity contribution >= 4 is 11.7 Å². The number of hydrogen-bond donors (Lipinski definition) is 1. The molecule has 0 aliphatic carbocycles. The summed E-state index contributed by atoms with van der Waals surface area (Å²) >= 11 is 0. The van der Waals surface area contributed by atoms with Crippen LogP contribution in [0.2, 0.25) is 0 Å². The fraction of sp³-hybridized carbons (Fsp3) is 0.300. The SMILES string of the molecule is CC1N=C(Cc2cccnc2)NC1=O. The number of carbonyl (C=O) groups excluding carboxylic acids is 1. The maximum absolute atomic E-state index is 11.1. The van der Waals surface area contributed by atoms with Crippen molar-refractivity contribution in [2.45, 2.75) is 19.4 Å². The Kier molecular flexibility index (Phi) is 2.26. The molecule has 1 amide bonds. The molecule has 0 radical (unpaired) electrons. The van der Waals surface area contributed by atoms with Crippen molar-refractivity contribution < 1.29 is 4.79 Å². The van der Waals surface area contributed by atoms with Gasteiger partial charge in [0.05, 0.1) is 0 Å². The van der Waals surface area contributed by atoms with E-state index in [0.29, 0.717) is 6.42 Å². The molecule has 4 nitrogen and oxygen atoms in total. The first-order valence-corrected chi connectivity index (χ1v) is 4.52. The molecule has 1 aromatic heterocycles. The van der Waals surface area contributed by atoms with Crippen LogP contribution in [0.15, 0.2) is 29.5 Å². The number of pyridine rings is 1. The fourth-order valence-electron chi connectivity index (χ4n) is 1.36. The summed E-state index contributed by atoms with van der Waals surface area (Å²) in [6, 6.07) is 3.59. The van der Waals surface area contributed by atoms with Crippen molar-refractivity contribution in [2.24, 2.45) is 4.99 Å². The van der Waals surface area contributed by atoms with Crippen molar-refractivity contribution in [2.75, 3.05) is 0 Å². The third-order valence-electron chi connectivity index (χ3n) is 2.09. The van der Waals surface area contributed by atoms with Gasteiger partial charge in [-0.05, 0) is 18.6 Å². The first kappa shape index (κ1) is 8.87. The van der Waals surface area contributed by atoms with Crippen LogP contribution in [0.5, 0.6) is 0 Å². The van der Waals surface area contributed by atoms with Gasteiger partial charge in [0.15, 0.2) is 0 Å². The smallest absolute Gasteiger partial charge is 0.249 e. The molecule has 2 rings (SSSR count). The normalized spacial score (nSPS) is 20.5. The van der Waals surface area contributed by atoms with Crippen LogP contribution in [0.3, 0.4) is 0 Å². The van der Waals surface area contributed by atoms with Gasteiger partial charge in [-0.25, -0.2) is 0 Å². The molecule has 0 fully saturated rings. The van der Waals surface area contributed by atoms with E-state index in [9.17, 15) is 4.79 Å². The summed E-state index contributed by atoms with van der Waals surface area (Å²) in [5, 5.41) is 2.74. The zero-order chi connectivity index (χ0) is 9.97. The summed E-state index contributed by atoms with van der Waals surface area (Å²) < 4.78 is 0. The molecule has 1 aliphatic rings. The van der Waals surface area contributed by atoms with Gasteiger partial charge in [-0.1, -0.05) is 6.07 Å². The molecule has 0 aromatic carbocycles. The lowest BCUT2D eigenvalue weighted by Crippen LogP contribution is -2.28. The van der Waals surface area contributed by atoms with Gasteiger partial charge < -0.3 is 5.32 Å². The summed E-state index contributed by atoms with van der Waals surface area (Å²) in [4.78, 5) is 19.3. The number of aliphatic imine (C=N–C) groups is 1. The topological polar surface area (TPSA) is 54.4 Å². The number of nitrogens with zero attached hydrogens (tertiary/aromatic N) is 2. The Hall–Kier alpha value is -1.71. The molecule has 1 atom stereocenters. The maximum atomic E-state index is 11.1. The molecule has 0 bridgehead atoms. The number of rotatable bonds is 2. The second-order valence-corrected chi connectivity index (χ2v) is 3.28. The summed E-state index contributed by atoms with van der Waals surface area (Å²) in [5.41, 5.74) is 1.06. The Morgan fingerprint density at radius 1 is 1.57 bits per heavy atom. The van der Waals surface area contributed by atoms with E-state index in [0.717, 1.165) is 11.4 Å². The highest BCUT2D eigenvalue weighted by molar-refractivity contribution is 6.06. The molecule has 2 heterocycles. The molecule has 1 unspecified atom stereocenters. The summed E-state index contributed by atoms with van der Waals surface area (Å²) in [5.74, 6) is 0.708. The van der Waals surface area contributed by atoms with Gasteiger partial charge in [0.2, 0.25) is 5.91 Å². The first-order valence-electron chi connectivity index (χ1n) is 4.52. The number of carbonyl (C=O) groups is 1. The average Bonchev–Trinajstić information content (AvgIpc) is 2.47. The van der Waals surface area contributed by atoms with Crippen LogP contribution in [0.1, 0.15) is 12.5 Å². The quantitative estimate of drug-likeness (QED) is 0.738. The van der Waals surface area contributed by atoms with Crippen LogP contribution < -0.4 is 5.32 Å². The Morgan fingerprint density at radius 2 is 2.43 bits per heavy atom. The van der Waals surface area contributed by atoms with E-state index in [4.69, 9.17) is 0 Å². The minimum Gasteiger partial charge on any atom is -0.312 e. The van der Waals surface area contributed by atoms with Gasteiger partial charge in [0.25, 0.3) is 0 Å². The third-order valence-corrected chi connectivity index (χ3v) is 2.09. The number of aromatic nitrogens is 1. The summed E-state index contributed by atoms with van der Waals surface area (Å²) in [6.45, 7) is 1.78. The third kappa shape index (κ3) is 1.79. The van der Waals surface area contributed by atoms with Crippen LogP contribution in [-0.2, 0) is 11.2 Å². The fourth-order valence-corrected chi connectivity index (χ4v) is 1.36. The van der Waals surface area contributed by atoms with Crippen molar-refractivity contribution in [1.82, 2.24) is 10.3 Å². The van der Waals surface area contributed by atoms with E-state index in [1.807, 2.05) is 12.1 Å². The standard InChI is InChI=1S/C10H11N3O/c1-7-10(14)13-9(12-7)5-8-3-2-4-11-6-8/h2-4,6-7H,5H2,1H3,(H,12,13,14). The van der Waals surface area contributed by atoms with E-state index in [2.05, 4.69) is 15.3 Å². The van der Waals surface area contributed by atoms with Gasteiger partial charge in [-0.15, -0.1) is 0 Å². The lowest BCUT2D eigenvalue weighted by molar-refractivity contribution is -0.119. The van der Waals surface area contributed by atoms with Gasteiger partial charge in [0, 0.05) is 18.8 Å². The Morgan fingerprint density at radius 3 is 3.00 bits per heavy atom. The van der Waals surface area contributed by atoms with E-state index in [1.54, 1.807) is 19.3 Å². The molecule has 72 valence electrons. The van der Waals surface area contributed by atoms with E-state index in [-0.39, 0.29) is 11.9 Å². The second kappa shape index (κ2) is 3.57. The van der Waals surface area contributed by atoms with Crippen LogP contribution in [0.4, 0.5) is 0 Å². The van der Waals surface area contributed by atoms with E-state index >= 15 is 0 Å². The molecule has 14 heavy (non-hydrogen) atoms. The van der Waals surface area contributed by atoms with Crippen molar-refractivity contribution in [3.05, 3.63) is 30.1 Å². The zero-order valence-electron chi connectivity index (χ0n) is 7.90. The Bertz CT molecular complexity index is 372. The van der Waals surface area contributed by atoms with E-state index in [1.165, 1.54) is 0 Å². The molecule has 1 aliphatic heterocycles. The first-order chi connectivity index (χ1) is 6.75. The largest absolute Gasteiger partial charge is 0.312 e. The highest BCUT2D eigenvalue weighted by Gasteiger charge is 2.21. The molecular formula is C10H11N3O. The monoisotopic (exact) mass is 189 g/mol. The average molecular weight is 189 g/mol. The van der Waals surface area contributed by atoms with Gasteiger partial charge in [-0.3, -0.25) is 14.8 Å². The summed E-state index contributed by atoms with van der Waals surface area (Å²) in [7, 11) is 0. The molecule has 1 N–H and O–H groups in total. The van der Waals surface area contributed by atoms with Gasteiger partial charge >= 0.3 is 0 Å². The van der Waals surface area contributed by atoms with Crippen LogP contribution in [0.25, 0.3) is 0 Å². The maximum Gasteiger partial charge on any atom is 0.249 e. The van der Waals surface area contributed by atoms with Crippen molar-refractivity contribution in [1.29, 1.82) is 0 Å². The van der Waals surface area contributed by atoms with Crippen LogP contribution >= 0.6 is 0 Å². The summed E-state index contributed by atoms with van der Waals surface area (Å²) in [6.07, 6.45) is 4.14. The molecule has 4 heteroatoms. The van der Waals surface area contributed by atoms with Crippen LogP contribution in [0, 0.1) is 0 Å². The number of nitrogens with one attached hydrogen (secondary N) is 1. The highest BCUT2D eigenvalue weighted by atomic mass is 16.2. The highest BCUT2D eigenvalue weighted by Crippen LogP contribution is 2.04. The van der Waals surface area contributed by atoms with Gasteiger partial charge in [-0.2, -0.15) is 0 Å². The number of hydrogen-bond acceptors (Lipinski definition) is 3. The predicted octanol–water partition coefficient (Wildman–Crippen LogP) is 0.541. The molecular weight excluding hydrogens is 178 g/mol. The molecule has 1 aromatic rings. The molecule has 0 saturated carbocycles. The minimum absolute atomic E-state index is 0.0242. The van der Waals surface area contributed by atoms with Gasteiger partial charge in [0.1, 0.15) is 11.9 Å². The lowest BCUT2D eigenvalue weighted by atomic mass is 10.2. The lowest BCUT2D eigenvalue weighted by Gasteiger charge is -1.99.